The number of halogens is 2. The second-order valence-electron chi connectivity index (χ2n) is 4.76. The number of benzene rings is 2. The molecule has 2 rings (SSSR count). The summed E-state index contributed by atoms with van der Waals surface area (Å²) in [5, 5.41) is 14.8. The number of hydrogen-bond donors (Lipinski definition) is 2. The summed E-state index contributed by atoms with van der Waals surface area (Å²) in [5.74, 6) is 0. The smallest absolute Gasteiger partial charge is 0.0940 e. The molecular weight excluding hydrogens is 293 g/mol. The van der Waals surface area contributed by atoms with Crippen molar-refractivity contribution in [2.75, 3.05) is 0 Å². The lowest BCUT2D eigenvalue weighted by Crippen LogP contribution is -2.31. The van der Waals surface area contributed by atoms with E-state index in [2.05, 4.69) is 5.32 Å². The van der Waals surface area contributed by atoms with Crippen LogP contribution in [0.5, 0.6) is 0 Å². The normalized spacial score (nSPS) is 14.0. The molecule has 2 atom stereocenters. The number of hydrogen-bond acceptors (Lipinski definition) is 2. The maximum absolute atomic E-state index is 10.3. The zero-order valence-corrected chi connectivity index (χ0v) is 12.7. The van der Waals surface area contributed by atoms with E-state index >= 15 is 0 Å². The highest BCUT2D eigenvalue weighted by molar-refractivity contribution is 6.35. The SMILES string of the molecule is C[C@H](NCc1ccc(Cl)cc1Cl)[C@H](O)c1ccccc1. The molecular formula is C16H17Cl2NO. The first kappa shape index (κ1) is 15.3. The molecule has 0 aliphatic carbocycles. The summed E-state index contributed by atoms with van der Waals surface area (Å²) in [6.07, 6.45) is -0.553. The lowest BCUT2D eigenvalue weighted by Gasteiger charge is -2.21. The van der Waals surface area contributed by atoms with Crippen molar-refractivity contribution in [1.82, 2.24) is 5.32 Å². The molecule has 4 heteroatoms. The molecule has 0 saturated carbocycles. The lowest BCUT2D eigenvalue weighted by atomic mass is 10.0. The van der Waals surface area contributed by atoms with Crippen molar-refractivity contribution < 1.29 is 5.11 Å². The van der Waals surface area contributed by atoms with Gasteiger partial charge in [-0.2, -0.15) is 0 Å². The van der Waals surface area contributed by atoms with Crippen LogP contribution in [0, 0.1) is 0 Å². The number of rotatable bonds is 5. The molecule has 2 N–H and O–H groups in total. The van der Waals surface area contributed by atoms with Gasteiger partial charge in [-0.1, -0.05) is 59.6 Å². The van der Waals surface area contributed by atoms with Gasteiger partial charge in [0.05, 0.1) is 6.10 Å². The van der Waals surface area contributed by atoms with Gasteiger partial charge >= 0.3 is 0 Å². The molecule has 20 heavy (non-hydrogen) atoms. The van der Waals surface area contributed by atoms with E-state index in [0.29, 0.717) is 16.6 Å². The van der Waals surface area contributed by atoms with E-state index in [4.69, 9.17) is 23.2 Å². The van der Waals surface area contributed by atoms with Gasteiger partial charge in [0, 0.05) is 22.6 Å². The number of nitrogens with one attached hydrogen (secondary N) is 1. The van der Waals surface area contributed by atoms with Gasteiger partial charge < -0.3 is 10.4 Å². The van der Waals surface area contributed by atoms with Crippen LogP contribution < -0.4 is 5.32 Å². The lowest BCUT2D eigenvalue weighted by molar-refractivity contribution is 0.135. The Hall–Kier alpha value is -1.06. The van der Waals surface area contributed by atoms with E-state index in [1.54, 1.807) is 6.07 Å². The van der Waals surface area contributed by atoms with Crippen molar-refractivity contribution >= 4 is 23.2 Å². The third-order valence-electron chi connectivity index (χ3n) is 3.24. The van der Waals surface area contributed by atoms with E-state index in [-0.39, 0.29) is 6.04 Å². The summed E-state index contributed by atoms with van der Waals surface area (Å²) in [5.41, 5.74) is 1.86. The zero-order valence-electron chi connectivity index (χ0n) is 11.2. The minimum atomic E-state index is -0.553. The largest absolute Gasteiger partial charge is 0.387 e. The van der Waals surface area contributed by atoms with Crippen LogP contribution in [0.4, 0.5) is 0 Å². The fourth-order valence-electron chi connectivity index (χ4n) is 1.99. The average molecular weight is 310 g/mol. The molecule has 2 aromatic carbocycles. The Morgan fingerprint density at radius 3 is 2.45 bits per heavy atom. The first-order chi connectivity index (χ1) is 9.58. The average Bonchev–Trinajstić information content (AvgIpc) is 2.46. The van der Waals surface area contributed by atoms with E-state index in [1.807, 2.05) is 49.4 Å². The maximum atomic E-state index is 10.3. The highest BCUT2D eigenvalue weighted by atomic mass is 35.5. The molecule has 0 unspecified atom stereocenters. The summed E-state index contributed by atoms with van der Waals surface area (Å²) in [6, 6.07) is 14.9. The minimum absolute atomic E-state index is 0.0795. The Morgan fingerprint density at radius 1 is 1.10 bits per heavy atom. The first-order valence-corrected chi connectivity index (χ1v) is 7.24. The van der Waals surface area contributed by atoms with Gasteiger partial charge in [-0.3, -0.25) is 0 Å². The molecule has 0 aliphatic rings. The Morgan fingerprint density at radius 2 is 1.80 bits per heavy atom. The molecule has 2 aromatic rings. The van der Waals surface area contributed by atoms with Crippen molar-refractivity contribution in [1.29, 1.82) is 0 Å². The number of aliphatic hydroxyl groups excluding tert-OH is 1. The minimum Gasteiger partial charge on any atom is -0.387 e. The van der Waals surface area contributed by atoms with Crippen molar-refractivity contribution in [3.8, 4) is 0 Å². The first-order valence-electron chi connectivity index (χ1n) is 6.48. The topological polar surface area (TPSA) is 32.3 Å². The Labute approximate surface area is 129 Å². The molecule has 106 valence electrons. The quantitative estimate of drug-likeness (QED) is 0.867. The molecule has 0 aliphatic heterocycles. The van der Waals surface area contributed by atoms with Crippen LogP contribution in [-0.4, -0.2) is 11.1 Å². The number of aliphatic hydroxyl groups is 1. The second kappa shape index (κ2) is 7.09. The van der Waals surface area contributed by atoms with E-state index in [1.165, 1.54) is 0 Å². The third-order valence-corrected chi connectivity index (χ3v) is 3.83. The van der Waals surface area contributed by atoms with Crippen molar-refractivity contribution in [2.24, 2.45) is 0 Å². The van der Waals surface area contributed by atoms with E-state index in [9.17, 15) is 5.11 Å². The summed E-state index contributed by atoms with van der Waals surface area (Å²) in [6.45, 7) is 2.53. The Bertz CT molecular complexity index is 560. The molecule has 0 heterocycles. The third kappa shape index (κ3) is 3.97. The highest BCUT2D eigenvalue weighted by Gasteiger charge is 2.15. The van der Waals surface area contributed by atoms with Crippen molar-refractivity contribution in [3.63, 3.8) is 0 Å². The van der Waals surface area contributed by atoms with Crippen LogP contribution in [0.25, 0.3) is 0 Å². The summed E-state index contributed by atoms with van der Waals surface area (Å²) in [4.78, 5) is 0. The monoisotopic (exact) mass is 309 g/mol. The summed E-state index contributed by atoms with van der Waals surface area (Å²) < 4.78 is 0. The van der Waals surface area contributed by atoms with Gasteiger partial charge in [-0.25, -0.2) is 0 Å². The fraction of sp³-hybridized carbons (Fsp3) is 0.250. The second-order valence-corrected chi connectivity index (χ2v) is 5.60. The van der Waals surface area contributed by atoms with Gasteiger partial charge in [0.25, 0.3) is 0 Å². The van der Waals surface area contributed by atoms with Gasteiger partial charge in [-0.15, -0.1) is 0 Å². The van der Waals surface area contributed by atoms with Gasteiger partial charge in [0.2, 0.25) is 0 Å². The Kier molecular flexibility index (Phi) is 5.44. The zero-order chi connectivity index (χ0) is 14.5. The molecule has 0 aromatic heterocycles. The highest BCUT2D eigenvalue weighted by Crippen LogP contribution is 2.22. The van der Waals surface area contributed by atoms with Crippen LogP contribution >= 0.6 is 23.2 Å². The van der Waals surface area contributed by atoms with Crippen molar-refractivity contribution in [2.45, 2.75) is 25.6 Å². The van der Waals surface area contributed by atoms with Crippen LogP contribution in [0.2, 0.25) is 10.0 Å². The predicted molar refractivity (Wildman–Crippen MR) is 84.2 cm³/mol. The van der Waals surface area contributed by atoms with Gasteiger partial charge in [-0.05, 0) is 30.2 Å². The molecule has 2 nitrogen and oxygen atoms in total. The van der Waals surface area contributed by atoms with E-state index in [0.717, 1.165) is 11.1 Å². The molecule has 0 radical (unpaired) electrons. The maximum Gasteiger partial charge on any atom is 0.0940 e. The van der Waals surface area contributed by atoms with Crippen LogP contribution in [0.3, 0.4) is 0 Å². The molecule has 0 fully saturated rings. The summed E-state index contributed by atoms with van der Waals surface area (Å²) >= 11 is 12.0. The molecule has 0 saturated heterocycles. The predicted octanol–water partition coefficient (Wildman–Crippen LogP) is 4.21. The fourth-order valence-corrected chi connectivity index (χ4v) is 2.46. The van der Waals surface area contributed by atoms with Gasteiger partial charge in [0.15, 0.2) is 0 Å². The Balaban J connectivity index is 1.96. The van der Waals surface area contributed by atoms with Gasteiger partial charge in [0.1, 0.15) is 0 Å². The van der Waals surface area contributed by atoms with Crippen molar-refractivity contribution in [3.05, 3.63) is 69.7 Å². The van der Waals surface area contributed by atoms with Crippen LogP contribution in [-0.2, 0) is 6.54 Å². The molecule has 0 bridgehead atoms. The van der Waals surface area contributed by atoms with Crippen LogP contribution in [0.15, 0.2) is 48.5 Å². The van der Waals surface area contributed by atoms with E-state index < -0.39 is 6.10 Å². The van der Waals surface area contributed by atoms with Crippen LogP contribution in [0.1, 0.15) is 24.2 Å². The molecule has 0 spiro atoms. The molecule has 0 amide bonds. The summed E-state index contributed by atoms with van der Waals surface area (Å²) in [7, 11) is 0. The standard InChI is InChI=1S/C16H17Cl2NO/c1-11(16(20)12-5-3-2-4-6-12)19-10-13-7-8-14(17)9-15(13)18/h2-9,11,16,19-20H,10H2,1H3/t11-,16-/m0/s1.